The van der Waals surface area contributed by atoms with Crippen molar-refractivity contribution in [2.45, 2.75) is 4.90 Å². The first-order chi connectivity index (χ1) is 9.29. The van der Waals surface area contributed by atoms with E-state index in [1.807, 2.05) is 0 Å². The van der Waals surface area contributed by atoms with Gasteiger partial charge < -0.3 is 5.73 Å². The molecule has 4 nitrogen and oxygen atoms in total. The molecule has 0 saturated heterocycles. The van der Waals surface area contributed by atoms with Gasteiger partial charge in [0.05, 0.1) is 20.6 Å². The summed E-state index contributed by atoms with van der Waals surface area (Å²) in [7, 11) is -4.01. The molecule has 0 atom stereocenters. The predicted molar refractivity (Wildman–Crippen MR) is 78.1 cm³/mol. The Bertz CT molecular complexity index is 746. The molecule has 8 heteroatoms. The molecule has 3 N–H and O–H groups in total. The molecule has 0 saturated carbocycles. The Balaban J connectivity index is 2.43. The highest BCUT2D eigenvalue weighted by molar-refractivity contribution is 7.92. The summed E-state index contributed by atoms with van der Waals surface area (Å²) in [5, 5.41) is 0.257. The van der Waals surface area contributed by atoms with E-state index < -0.39 is 15.8 Å². The Morgan fingerprint density at radius 3 is 2.50 bits per heavy atom. The third kappa shape index (κ3) is 3.15. The number of sulfonamides is 1. The number of rotatable bonds is 3. The van der Waals surface area contributed by atoms with E-state index in [2.05, 4.69) is 4.72 Å². The zero-order valence-corrected chi connectivity index (χ0v) is 12.2. The lowest BCUT2D eigenvalue weighted by molar-refractivity contribution is 0.595. The lowest BCUT2D eigenvalue weighted by atomic mass is 10.3. The van der Waals surface area contributed by atoms with Crippen molar-refractivity contribution in [1.82, 2.24) is 0 Å². The Hall–Kier alpha value is -1.50. The first-order valence-corrected chi connectivity index (χ1v) is 7.56. The second-order valence-corrected chi connectivity index (χ2v) is 6.39. The molecule has 2 aromatic rings. The van der Waals surface area contributed by atoms with E-state index in [0.29, 0.717) is 0 Å². The smallest absolute Gasteiger partial charge is 0.262 e. The van der Waals surface area contributed by atoms with Gasteiger partial charge >= 0.3 is 0 Å². The maximum absolute atomic E-state index is 13.2. The van der Waals surface area contributed by atoms with Gasteiger partial charge in [0.1, 0.15) is 5.82 Å². The first kappa shape index (κ1) is 14.9. The van der Waals surface area contributed by atoms with Crippen molar-refractivity contribution in [3.63, 3.8) is 0 Å². The first-order valence-electron chi connectivity index (χ1n) is 5.32. The average molecular weight is 335 g/mol. The number of hydrogen-bond acceptors (Lipinski definition) is 3. The van der Waals surface area contributed by atoms with Crippen LogP contribution < -0.4 is 10.5 Å². The Kier molecular flexibility index (Phi) is 4.08. The van der Waals surface area contributed by atoms with Crippen LogP contribution in [-0.2, 0) is 10.0 Å². The molecule has 0 fully saturated rings. The topological polar surface area (TPSA) is 72.2 Å². The van der Waals surface area contributed by atoms with Crippen molar-refractivity contribution >= 4 is 44.6 Å². The van der Waals surface area contributed by atoms with Crippen LogP contribution in [0.1, 0.15) is 0 Å². The Morgan fingerprint density at radius 1 is 1.15 bits per heavy atom. The van der Waals surface area contributed by atoms with Crippen molar-refractivity contribution in [2.24, 2.45) is 0 Å². The average Bonchev–Trinajstić information content (AvgIpc) is 2.33. The van der Waals surface area contributed by atoms with Crippen LogP contribution in [-0.4, -0.2) is 8.42 Å². The molecule has 0 bridgehead atoms. The molecule has 2 aromatic carbocycles. The molecular weight excluding hydrogens is 326 g/mol. The van der Waals surface area contributed by atoms with Gasteiger partial charge in [-0.05, 0) is 30.3 Å². The van der Waals surface area contributed by atoms with Crippen molar-refractivity contribution < 1.29 is 12.8 Å². The lowest BCUT2D eigenvalue weighted by Gasteiger charge is -2.11. The van der Waals surface area contributed by atoms with Crippen molar-refractivity contribution in [3.8, 4) is 0 Å². The molecule has 20 heavy (non-hydrogen) atoms. The number of hydrogen-bond donors (Lipinski definition) is 2. The minimum absolute atomic E-state index is 0.00238. The molecule has 0 aliphatic carbocycles. The maximum Gasteiger partial charge on any atom is 0.262 e. The number of nitrogens with two attached hydrogens (primary N) is 1. The summed E-state index contributed by atoms with van der Waals surface area (Å²) >= 11 is 11.7. The minimum atomic E-state index is -4.01. The Labute approximate surface area is 125 Å². The van der Waals surface area contributed by atoms with Crippen LogP contribution in [0.3, 0.4) is 0 Å². The second kappa shape index (κ2) is 5.47. The van der Waals surface area contributed by atoms with E-state index >= 15 is 0 Å². The molecule has 106 valence electrons. The van der Waals surface area contributed by atoms with Crippen molar-refractivity contribution in [3.05, 3.63) is 52.3 Å². The molecule has 0 spiro atoms. The highest BCUT2D eigenvalue weighted by atomic mass is 35.5. The molecule has 0 amide bonds. The summed E-state index contributed by atoms with van der Waals surface area (Å²) in [6.45, 7) is 0. The van der Waals surface area contributed by atoms with E-state index in [-0.39, 0.29) is 26.3 Å². The zero-order chi connectivity index (χ0) is 14.9. The van der Waals surface area contributed by atoms with Crippen LogP contribution in [0, 0.1) is 5.82 Å². The molecule has 0 aliphatic rings. The van der Waals surface area contributed by atoms with Gasteiger partial charge in [-0.15, -0.1) is 0 Å². The molecule has 0 heterocycles. The van der Waals surface area contributed by atoms with Crippen LogP contribution in [0.5, 0.6) is 0 Å². The maximum atomic E-state index is 13.2. The van der Waals surface area contributed by atoms with Crippen LogP contribution in [0.25, 0.3) is 0 Å². The molecule has 0 aliphatic heterocycles. The Morgan fingerprint density at radius 2 is 1.85 bits per heavy atom. The normalized spacial score (nSPS) is 11.3. The van der Waals surface area contributed by atoms with E-state index in [0.717, 1.165) is 18.2 Å². The van der Waals surface area contributed by atoms with E-state index in [9.17, 15) is 12.8 Å². The molecule has 0 radical (unpaired) electrons. The van der Waals surface area contributed by atoms with Gasteiger partial charge in [-0.2, -0.15) is 0 Å². The molecule has 0 unspecified atom stereocenters. The van der Waals surface area contributed by atoms with Crippen LogP contribution in [0.4, 0.5) is 15.8 Å². The number of benzene rings is 2. The predicted octanol–water partition coefficient (Wildman–Crippen LogP) is 3.52. The van der Waals surface area contributed by atoms with Crippen LogP contribution in [0.15, 0.2) is 41.3 Å². The minimum Gasteiger partial charge on any atom is -0.399 e. The zero-order valence-electron chi connectivity index (χ0n) is 9.90. The number of anilines is 2. The van der Waals surface area contributed by atoms with E-state index in [4.69, 9.17) is 28.9 Å². The SMILES string of the molecule is Nc1cc(F)cc(S(=O)(=O)Nc2cccc(Cl)c2Cl)c1. The fourth-order valence-electron chi connectivity index (χ4n) is 1.53. The number of nitrogens with one attached hydrogen (secondary N) is 1. The largest absolute Gasteiger partial charge is 0.399 e. The molecule has 0 aromatic heterocycles. The van der Waals surface area contributed by atoms with Gasteiger partial charge in [0.15, 0.2) is 0 Å². The second-order valence-electron chi connectivity index (χ2n) is 3.93. The van der Waals surface area contributed by atoms with E-state index in [1.54, 1.807) is 0 Å². The number of nitrogen functional groups attached to an aromatic ring is 1. The summed E-state index contributed by atoms with van der Waals surface area (Å²) in [5.74, 6) is -0.748. The lowest BCUT2D eigenvalue weighted by Crippen LogP contribution is -2.14. The molecule has 2 rings (SSSR count). The van der Waals surface area contributed by atoms with Gasteiger partial charge in [0.2, 0.25) is 0 Å². The quantitative estimate of drug-likeness (QED) is 0.843. The highest BCUT2D eigenvalue weighted by Gasteiger charge is 2.18. The number of halogens is 3. The summed E-state index contributed by atoms with van der Waals surface area (Å²) < 4.78 is 39.7. The van der Waals surface area contributed by atoms with Gasteiger partial charge in [-0.3, -0.25) is 4.72 Å². The van der Waals surface area contributed by atoms with Gasteiger partial charge in [-0.25, -0.2) is 12.8 Å². The van der Waals surface area contributed by atoms with Crippen LogP contribution >= 0.6 is 23.2 Å². The summed E-state index contributed by atoms with van der Waals surface area (Å²) in [6, 6.07) is 7.51. The third-order valence-corrected chi connectivity index (χ3v) is 4.56. The van der Waals surface area contributed by atoms with Gasteiger partial charge in [0, 0.05) is 5.69 Å². The van der Waals surface area contributed by atoms with Gasteiger partial charge in [0.25, 0.3) is 10.0 Å². The summed E-state index contributed by atoms with van der Waals surface area (Å²) in [6.07, 6.45) is 0. The fourth-order valence-corrected chi connectivity index (χ4v) is 3.07. The summed E-state index contributed by atoms with van der Waals surface area (Å²) in [4.78, 5) is -0.300. The van der Waals surface area contributed by atoms with Crippen molar-refractivity contribution in [1.29, 1.82) is 0 Å². The monoisotopic (exact) mass is 334 g/mol. The summed E-state index contributed by atoms with van der Waals surface area (Å²) in [5.41, 5.74) is 5.53. The third-order valence-electron chi connectivity index (χ3n) is 2.40. The van der Waals surface area contributed by atoms with E-state index in [1.165, 1.54) is 18.2 Å². The van der Waals surface area contributed by atoms with Crippen molar-refractivity contribution in [2.75, 3.05) is 10.5 Å². The van der Waals surface area contributed by atoms with Gasteiger partial charge in [-0.1, -0.05) is 29.3 Å². The standard InChI is InChI=1S/C12H9Cl2FN2O2S/c13-10-2-1-3-11(12(10)14)17-20(18,19)9-5-7(15)4-8(16)6-9/h1-6,17H,16H2. The highest BCUT2D eigenvalue weighted by Crippen LogP contribution is 2.31. The fraction of sp³-hybridized carbons (Fsp3) is 0. The molecular formula is C12H9Cl2FN2O2S. The van der Waals surface area contributed by atoms with Crippen LogP contribution in [0.2, 0.25) is 10.0 Å².